The molecule has 2 heterocycles. The predicted molar refractivity (Wildman–Crippen MR) is 111 cm³/mol. The Balaban J connectivity index is 1.94. The molecule has 0 saturated heterocycles. The van der Waals surface area contributed by atoms with Crippen LogP contribution in [0, 0.1) is 12.8 Å². The maximum Gasteiger partial charge on any atom is 0.322 e. The van der Waals surface area contributed by atoms with Crippen LogP contribution in [0.25, 0.3) is 0 Å². The molecule has 0 saturated carbocycles. The van der Waals surface area contributed by atoms with Gasteiger partial charge in [0.2, 0.25) is 5.91 Å². The topological polar surface area (TPSA) is 81.8 Å². The zero-order chi connectivity index (χ0) is 21.5. The van der Waals surface area contributed by atoms with Gasteiger partial charge in [-0.05, 0) is 32.3 Å². The molecule has 0 unspecified atom stereocenters. The average Bonchev–Trinajstić information content (AvgIpc) is 3.01. The number of carbonyl (C=O) groups excluding carboxylic acids is 3. The van der Waals surface area contributed by atoms with Gasteiger partial charge in [0.05, 0.1) is 23.9 Å². The molecule has 1 aromatic carbocycles. The lowest BCUT2D eigenvalue weighted by molar-refractivity contribution is -0.141. The first-order chi connectivity index (χ1) is 13.5. The van der Waals surface area contributed by atoms with Crippen molar-refractivity contribution in [1.29, 1.82) is 0 Å². The molecule has 2 aliphatic heterocycles. The van der Waals surface area contributed by atoms with Crippen LogP contribution in [0.3, 0.4) is 0 Å². The summed E-state index contributed by atoms with van der Waals surface area (Å²) in [4.78, 5) is 41.9. The second-order valence-electron chi connectivity index (χ2n) is 8.77. The summed E-state index contributed by atoms with van der Waals surface area (Å²) in [7, 11) is 1.65. The lowest BCUT2D eigenvalue weighted by Gasteiger charge is -2.35. The van der Waals surface area contributed by atoms with Crippen molar-refractivity contribution >= 4 is 17.8 Å². The number of hydrogen-bond acceptors (Lipinski definition) is 3. The molecule has 7 nitrogen and oxygen atoms in total. The van der Waals surface area contributed by atoms with Gasteiger partial charge in [-0.1, -0.05) is 43.7 Å². The van der Waals surface area contributed by atoms with Crippen molar-refractivity contribution in [2.45, 2.75) is 46.2 Å². The van der Waals surface area contributed by atoms with Crippen molar-refractivity contribution in [1.82, 2.24) is 20.4 Å². The molecule has 0 aromatic heterocycles. The molecular weight excluding hydrogens is 368 g/mol. The Morgan fingerprint density at radius 2 is 2.00 bits per heavy atom. The summed E-state index contributed by atoms with van der Waals surface area (Å²) in [5.41, 5.74) is 2.05. The Labute approximate surface area is 172 Å². The molecule has 0 spiro atoms. The van der Waals surface area contributed by atoms with Crippen molar-refractivity contribution in [3.63, 3.8) is 0 Å². The van der Waals surface area contributed by atoms with Gasteiger partial charge in [0.15, 0.2) is 0 Å². The maximum absolute atomic E-state index is 13.5. The van der Waals surface area contributed by atoms with Crippen molar-refractivity contribution in [2.75, 3.05) is 20.1 Å². The van der Waals surface area contributed by atoms with Gasteiger partial charge in [0.1, 0.15) is 5.54 Å². The molecule has 156 valence electrons. The number of likely N-dealkylation sites (N-methyl/N-ethyl adjacent to an activating group) is 1. The summed E-state index contributed by atoms with van der Waals surface area (Å²) in [6.45, 7) is 10.3. The summed E-state index contributed by atoms with van der Waals surface area (Å²) in [5, 5.41) is 5.86. The number of nitrogens with zero attached hydrogens (tertiary/aromatic N) is 2. The van der Waals surface area contributed by atoms with Crippen LogP contribution in [0.5, 0.6) is 0 Å². The molecule has 2 aliphatic rings. The first-order valence-corrected chi connectivity index (χ1v) is 9.98. The van der Waals surface area contributed by atoms with Gasteiger partial charge in [0.25, 0.3) is 5.91 Å². The fraction of sp³-hybridized carbons (Fsp3) is 0.500. The van der Waals surface area contributed by atoms with Gasteiger partial charge in [-0.2, -0.15) is 0 Å². The molecule has 0 bridgehead atoms. The normalized spacial score (nSPS) is 19.6. The second kappa shape index (κ2) is 7.54. The van der Waals surface area contributed by atoms with Crippen molar-refractivity contribution in [2.24, 2.45) is 5.92 Å². The zero-order valence-corrected chi connectivity index (χ0v) is 18.0. The number of rotatable bonds is 5. The summed E-state index contributed by atoms with van der Waals surface area (Å²) in [6.07, 6.45) is 0. The molecule has 1 atom stereocenters. The summed E-state index contributed by atoms with van der Waals surface area (Å²) in [5.74, 6) is -0.106. The van der Waals surface area contributed by atoms with Gasteiger partial charge in [-0.3, -0.25) is 14.5 Å². The lowest BCUT2D eigenvalue weighted by Crippen LogP contribution is -2.56. The number of hydrogen-bond donors (Lipinski definition) is 2. The first-order valence-electron chi connectivity index (χ1n) is 9.98. The molecule has 29 heavy (non-hydrogen) atoms. The lowest BCUT2D eigenvalue weighted by atomic mass is 9.94. The third-order valence-corrected chi connectivity index (χ3v) is 5.64. The summed E-state index contributed by atoms with van der Waals surface area (Å²) >= 11 is 0. The number of nitrogens with one attached hydrogen (secondary N) is 2. The average molecular weight is 399 g/mol. The van der Waals surface area contributed by atoms with E-state index < -0.39 is 11.6 Å². The number of aryl methyl sites for hydroxylation is 1. The highest BCUT2D eigenvalue weighted by Crippen LogP contribution is 2.38. The smallest absolute Gasteiger partial charge is 0.322 e. The molecule has 7 heteroatoms. The fourth-order valence-electron chi connectivity index (χ4n) is 3.75. The quantitative estimate of drug-likeness (QED) is 0.799. The molecule has 0 aliphatic carbocycles. The highest BCUT2D eigenvalue weighted by molar-refractivity contribution is 6.04. The van der Waals surface area contributed by atoms with E-state index in [0.717, 1.165) is 11.1 Å². The minimum atomic E-state index is -1.04. The Morgan fingerprint density at radius 1 is 1.31 bits per heavy atom. The van der Waals surface area contributed by atoms with Crippen LogP contribution in [0.15, 0.2) is 35.5 Å². The van der Waals surface area contributed by atoms with E-state index in [4.69, 9.17) is 0 Å². The van der Waals surface area contributed by atoms with E-state index in [1.54, 1.807) is 25.8 Å². The van der Waals surface area contributed by atoms with Gasteiger partial charge in [-0.25, -0.2) is 4.79 Å². The van der Waals surface area contributed by atoms with Crippen LogP contribution in [0.1, 0.15) is 44.9 Å². The molecule has 2 N–H and O–H groups in total. The van der Waals surface area contributed by atoms with E-state index in [9.17, 15) is 14.4 Å². The monoisotopic (exact) mass is 398 g/mol. The molecule has 0 fully saturated rings. The fourth-order valence-corrected chi connectivity index (χ4v) is 3.75. The molecule has 4 amide bonds. The SMILES string of the molecule is Cc1cccc([C@H]2NC(=O)N(C)C3=C2C(=O)N(C(C)(C)C(=O)NCC(C)C)C3)c1. The van der Waals surface area contributed by atoms with Crippen LogP contribution in [0.2, 0.25) is 0 Å². The van der Waals surface area contributed by atoms with E-state index in [0.29, 0.717) is 23.7 Å². The van der Waals surface area contributed by atoms with Crippen LogP contribution >= 0.6 is 0 Å². The second-order valence-corrected chi connectivity index (χ2v) is 8.77. The van der Waals surface area contributed by atoms with E-state index >= 15 is 0 Å². The Bertz CT molecular complexity index is 888. The van der Waals surface area contributed by atoms with Crippen molar-refractivity contribution < 1.29 is 14.4 Å². The highest BCUT2D eigenvalue weighted by Gasteiger charge is 2.49. The Morgan fingerprint density at radius 3 is 2.62 bits per heavy atom. The Hall–Kier alpha value is -2.83. The summed E-state index contributed by atoms with van der Waals surface area (Å²) < 4.78 is 0. The number of carbonyl (C=O) groups is 3. The molecule has 3 rings (SSSR count). The van der Waals surface area contributed by atoms with Crippen molar-refractivity contribution in [3.8, 4) is 0 Å². The number of amides is 4. The first kappa shape index (κ1) is 20.9. The molecule has 0 radical (unpaired) electrons. The molecule has 1 aromatic rings. The van der Waals surface area contributed by atoms with E-state index in [1.807, 2.05) is 45.0 Å². The summed E-state index contributed by atoms with van der Waals surface area (Å²) in [6, 6.07) is 6.98. The van der Waals surface area contributed by atoms with E-state index in [-0.39, 0.29) is 24.4 Å². The zero-order valence-electron chi connectivity index (χ0n) is 18.0. The van der Waals surface area contributed by atoms with Crippen LogP contribution < -0.4 is 10.6 Å². The third kappa shape index (κ3) is 3.73. The van der Waals surface area contributed by atoms with E-state index in [1.165, 1.54) is 4.90 Å². The number of urea groups is 1. The van der Waals surface area contributed by atoms with Crippen LogP contribution in [0.4, 0.5) is 4.79 Å². The van der Waals surface area contributed by atoms with Crippen LogP contribution in [-0.2, 0) is 9.59 Å². The minimum Gasteiger partial charge on any atom is -0.354 e. The van der Waals surface area contributed by atoms with Crippen molar-refractivity contribution in [3.05, 3.63) is 46.7 Å². The van der Waals surface area contributed by atoms with Crippen LogP contribution in [-0.4, -0.2) is 53.3 Å². The molecular formula is C22H30N4O3. The Kier molecular flexibility index (Phi) is 5.43. The van der Waals surface area contributed by atoms with Gasteiger partial charge in [-0.15, -0.1) is 0 Å². The largest absolute Gasteiger partial charge is 0.354 e. The van der Waals surface area contributed by atoms with Gasteiger partial charge >= 0.3 is 6.03 Å². The van der Waals surface area contributed by atoms with E-state index in [2.05, 4.69) is 10.6 Å². The highest BCUT2D eigenvalue weighted by atomic mass is 16.2. The standard InChI is InChI=1S/C22H30N4O3/c1-13(2)11-23-20(28)22(4,5)26-12-16-17(19(26)27)18(24-21(29)25(16)6)15-9-7-8-14(3)10-15/h7-10,13,18H,11-12H2,1-6H3,(H,23,28)(H,24,29)/t18-/m1/s1. The third-order valence-electron chi connectivity index (χ3n) is 5.64. The predicted octanol–water partition coefficient (Wildman–Crippen LogP) is 2.34. The number of benzene rings is 1. The van der Waals surface area contributed by atoms with Gasteiger partial charge in [0, 0.05) is 13.6 Å². The minimum absolute atomic E-state index is 0.201. The van der Waals surface area contributed by atoms with Gasteiger partial charge < -0.3 is 15.5 Å². The maximum atomic E-state index is 13.5.